The lowest BCUT2D eigenvalue weighted by molar-refractivity contribution is -0.113. The summed E-state index contributed by atoms with van der Waals surface area (Å²) in [6.07, 6.45) is 2.89. The summed E-state index contributed by atoms with van der Waals surface area (Å²) in [4.78, 5) is 19.0. The highest BCUT2D eigenvalue weighted by Gasteiger charge is 2.25. The van der Waals surface area contributed by atoms with Gasteiger partial charge in [-0.25, -0.2) is 4.98 Å². The van der Waals surface area contributed by atoms with E-state index in [-0.39, 0.29) is 11.7 Å². The second-order valence-corrected chi connectivity index (χ2v) is 11.2. The van der Waals surface area contributed by atoms with Crippen molar-refractivity contribution in [2.45, 2.75) is 31.2 Å². The van der Waals surface area contributed by atoms with E-state index in [1.54, 1.807) is 0 Å². The molecule has 0 aliphatic heterocycles. The van der Waals surface area contributed by atoms with Crippen LogP contribution in [0.3, 0.4) is 0 Å². The Labute approximate surface area is 224 Å². The van der Waals surface area contributed by atoms with E-state index < -0.39 is 0 Å². The van der Waals surface area contributed by atoms with E-state index in [1.165, 1.54) is 28.0 Å². The summed E-state index contributed by atoms with van der Waals surface area (Å²) in [6, 6.07) is 26.1. The van der Waals surface area contributed by atoms with Crippen molar-refractivity contribution in [3.63, 3.8) is 0 Å². The molecular formula is C30H24N4OS2. The van der Waals surface area contributed by atoms with Gasteiger partial charge in [-0.3, -0.25) is 4.79 Å². The number of nitrogens with one attached hydrogen (secondary N) is 1. The van der Waals surface area contributed by atoms with Crippen molar-refractivity contribution in [3.05, 3.63) is 88.3 Å². The van der Waals surface area contributed by atoms with Crippen molar-refractivity contribution >= 4 is 34.0 Å². The molecule has 1 amide bonds. The fourth-order valence-corrected chi connectivity index (χ4v) is 6.77. The van der Waals surface area contributed by atoms with Crippen LogP contribution in [-0.2, 0) is 17.6 Å². The van der Waals surface area contributed by atoms with E-state index in [0.29, 0.717) is 27.1 Å². The van der Waals surface area contributed by atoms with Gasteiger partial charge in [-0.15, -0.1) is 11.3 Å². The molecular weight excluding hydrogens is 496 g/mol. The van der Waals surface area contributed by atoms with Crippen LogP contribution in [0.5, 0.6) is 0 Å². The van der Waals surface area contributed by atoms with Gasteiger partial charge in [0, 0.05) is 16.0 Å². The summed E-state index contributed by atoms with van der Waals surface area (Å²) in [5.74, 6) is 0.450. The van der Waals surface area contributed by atoms with Gasteiger partial charge in [-0.2, -0.15) is 10.5 Å². The van der Waals surface area contributed by atoms with Gasteiger partial charge >= 0.3 is 0 Å². The number of rotatable bonds is 6. The highest BCUT2D eigenvalue weighted by molar-refractivity contribution is 8.00. The summed E-state index contributed by atoms with van der Waals surface area (Å²) < 4.78 is 0. The first kappa shape index (κ1) is 24.8. The Bertz CT molecular complexity index is 1530. The number of amides is 1. The van der Waals surface area contributed by atoms with Crippen molar-refractivity contribution in [2.75, 3.05) is 11.1 Å². The van der Waals surface area contributed by atoms with Crippen LogP contribution < -0.4 is 5.32 Å². The van der Waals surface area contributed by atoms with Gasteiger partial charge < -0.3 is 5.32 Å². The van der Waals surface area contributed by atoms with Crippen LogP contribution in [-0.4, -0.2) is 16.6 Å². The Kier molecular flexibility index (Phi) is 7.37. The maximum atomic E-state index is 13.0. The number of thioether (sulfide) groups is 1. The molecule has 0 spiro atoms. The number of carbonyl (C=O) groups excluding carboxylic acids is 1. The minimum atomic E-state index is -0.217. The summed E-state index contributed by atoms with van der Waals surface area (Å²) >= 11 is 2.76. The van der Waals surface area contributed by atoms with Gasteiger partial charge in [0.25, 0.3) is 0 Å². The first-order valence-corrected chi connectivity index (χ1v) is 13.9. The SMILES string of the molecule is CC1CCc2c(sc(NC(=O)CSc3nc(-c4ccccc4)cc(-c4ccccc4)c3C#N)c2C#N)C1. The van der Waals surface area contributed by atoms with E-state index in [4.69, 9.17) is 4.98 Å². The third-order valence-corrected chi connectivity index (χ3v) is 8.61. The Balaban J connectivity index is 1.43. The van der Waals surface area contributed by atoms with E-state index in [2.05, 4.69) is 24.4 Å². The standard InChI is InChI=1S/C30H24N4OS2/c1-19-12-13-22-24(16-31)30(37-27(22)14-19)34-28(35)18-36-29-25(17-32)23(20-8-4-2-5-9-20)15-26(33-29)21-10-6-3-7-11-21/h2-11,15,19H,12-14,18H2,1H3,(H,34,35). The molecule has 5 nitrogen and oxygen atoms in total. The zero-order valence-corrected chi connectivity index (χ0v) is 22.0. The summed E-state index contributed by atoms with van der Waals surface area (Å²) in [7, 11) is 0. The first-order chi connectivity index (χ1) is 18.1. The monoisotopic (exact) mass is 520 g/mol. The predicted octanol–water partition coefficient (Wildman–Crippen LogP) is 7.08. The van der Waals surface area contributed by atoms with Crippen LogP contribution in [0.15, 0.2) is 71.8 Å². The smallest absolute Gasteiger partial charge is 0.235 e. The number of hydrogen-bond donors (Lipinski definition) is 1. The number of pyridine rings is 1. The molecule has 0 saturated carbocycles. The topological polar surface area (TPSA) is 89.6 Å². The van der Waals surface area contributed by atoms with E-state index in [1.807, 2.05) is 66.7 Å². The van der Waals surface area contributed by atoms with Crippen molar-refractivity contribution < 1.29 is 4.79 Å². The van der Waals surface area contributed by atoms with Gasteiger partial charge in [0.2, 0.25) is 5.91 Å². The number of benzene rings is 2. The minimum Gasteiger partial charge on any atom is -0.316 e. The second kappa shape index (κ2) is 11.0. The van der Waals surface area contributed by atoms with Gasteiger partial charge in [0.1, 0.15) is 22.2 Å². The van der Waals surface area contributed by atoms with Gasteiger partial charge in [-0.1, -0.05) is 79.3 Å². The molecule has 1 aliphatic rings. The third-order valence-electron chi connectivity index (χ3n) is 6.47. The molecule has 5 rings (SSSR count). The summed E-state index contributed by atoms with van der Waals surface area (Å²) in [6.45, 7) is 2.22. The number of carbonyl (C=O) groups is 1. The highest BCUT2D eigenvalue weighted by atomic mass is 32.2. The first-order valence-electron chi connectivity index (χ1n) is 12.1. The number of aromatic nitrogens is 1. The number of nitrogens with zero attached hydrogens (tertiary/aromatic N) is 3. The zero-order valence-electron chi connectivity index (χ0n) is 20.3. The Morgan fingerprint density at radius 1 is 1.05 bits per heavy atom. The van der Waals surface area contributed by atoms with Gasteiger partial charge in [0.05, 0.1) is 22.6 Å². The van der Waals surface area contributed by atoms with Crippen molar-refractivity contribution in [2.24, 2.45) is 5.92 Å². The van der Waals surface area contributed by atoms with Crippen LogP contribution >= 0.6 is 23.1 Å². The normalized spacial score (nSPS) is 14.3. The lowest BCUT2D eigenvalue weighted by atomic mass is 9.89. The van der Waals surface area contributed by atoms with Crippen LogP contribution in [0.25, 0.3) is 22.4 Å². The van der Waals surface area contributed by atoms with Crippen molar-refractivity contribution in [1.29, 1.82) is 10.5 Å². The molecule has 4 aromatic rings. The molecule has 182 valence electrons. The zero-order chi connectivity index (χ0) is 25.8. The molecule has 2 aromatic carbocycles. The number of anilines is 1. The highest BCUT2D eigenvalue weighted by Crippen LogP contribution is 2.39. The molecule has 0 bridgehead atoms. The molecule has 0 radical (unpaired) electrons. The molecule has 1 unspecified atom stereocenters. The lowest BCUT2D eigenvalue weighted by Crippen LogP contribution is -2.14. The third kappa shape index (κ3) is 5.29. The fraction of sp³-hybridized carbons (Fsp3) is 0.200. The Hall–Kier alpha value is -3.91. The van der Waals surface area contributed by atoms with E-state index in [0.717, 1.165) is 47.2 Å². The van der Waals surface area contributed by atoms with E-state index in [9.17, 15) is 15.3 Å². The average Bonchev–Trinajstić information content (AvgIpc) is 3.27. The van der Waals surface area contributed by atoms with Crippen molar-refractivity contribution in [3.8, 4) is 34.5 Å². The molecule has 1 atom stereocenters. The molecule has 2 aromatic heterocycles. The van der Waals surface area contributed by atoms with Gasteiger partial charge in [0.15, 0.2) is 0 Å². The number of fused-ring (bicyclic) bond motifs is 1. The van der Waals surface area contributed by atoms with Crippen molar-refractivity contribution in [1.82, 2.24) is 4.98 Å². The Morgan fingerprint density at radius 2 is 1.73 bits per heavy atom. The summed E-state index contributed by atoms with van der Waals surface area (Å²) in [5, 5.41) is 23.9. The quantitative estimate of drug-likeness (QED) is 0.275. The fourth-order valence-electron chi connectivity index (χ4n) is 4.59. The maximum absolute atomic E-state index is 13.0. The van der Waals surface area contributed by atoms with Crippen LogP contribution in [0, 0.1) is 28.6 Å². The predicted molar refractivity (Wildman–Crippen MR) is 149 cm³/mol. The van der Waals surface area contributed by atoms with Crippen LogP contribution in [0.2, 0.25) is 0 Å². The molecule has 7 heteroatoms. The molecule has 0 fully saturated rings. The Morgan fingerprint density at radius 3 is 2.41 bits per heavy atom. The minimum absolute atomic E-state index is 0.0813. The molecule has 1 aliphatic carbocycles. The van der Waals surface area contributed by atoms with Crippen LogP contribution in [0.1, 0.15) is 34.9 Å². The largest absolute Gasteiger partial charge is 0.316 e. The molecule has 2 heterocycles. The number of hydrogen-bond acceptors (Lipinski definition) is 6. The second-order valence-electron chi connectivity index (χ2n) is 9.08. The number of nitriles is 2. The average molecular weight is 521 g/mol. The van der Waals surface area contributed by atoms with E-state index >= 15 is 0 Å². The lowest BCUT2D eigenvalue weighted by Gasteiger charge is -2.17. The van der Waals surface area contributed by atoms with Gasteiger partial charge in [-0.05, 0) is 42.4 Å². The molecule has 37 heavy (non-hydrogen) atoms. The van der Waals surface area contributed by atoms with Crippen LogP contribution in [0.4, 0.5) is 5.00 Å². The number of thiophene rings is 1. The maximum Gasteiger partial charge on any atom is 0.235 e. The summed E-state index contributed by atoms with van der Waals surface area (Å²) in [5.41, 5.74) is 5.51. The molecule has 0 saturated heterocycles. The molecule has 1 N–H and O–H groups in total.